The summed E-state index contributed by atoms with van der Waals surface area (Å²) in [5.41, 5.74) is 5.10. The van der Waals surface area contributed by atoms with Gasteiger partial charge in [-0.2, -0.15) is 0 Å². The summed E-state index contributed by atoms with van der Waals surface area (Å²) in [7, 11) is 1.93. The molecule has 0 aliphatic rings. The number of anilines is 1. The average molecular weight is 520 g/mol. The number of aryl methyl sites for hydroxylation is 1. The lowest BCUT2D eigenvalue weighted by Crippen LogP contribution is -2.14. The number of nitrogens with one attached hydrogen (secondary N) is 1. The summed E-state index contributed by atoms with van der Waals surface area (Å²) in [4.78, 5) is 18.6. The number of benzene rings is 2. The van der Waals surface area contributed by atoms with Crippen LogP contribution in [0, 0.1) is 6.92 Å². The number of nitrogens with zero attached hydrogens (tertiary/aromatic N) is 4. The molecule has 0 aliphatic carbocycles. The second-order valence-corrected chi connectivity index (χ2v) is 11.6. The van der Waals surface area contributed by atoms with Crippen LogP contribution in [0.15, 0.2) is 59.1 Å². The molecule has 1 amide bonds. The second-order valence-electron chi connectivity index (χ2n) is 8.66. The molecule has 0 unspecified atom stereocenters. The summed E-state index contributed by atoms with van der Waals surface area (Å²) < 4.78 is 3.12. The standard InChI is InChI=1S/C26H25N5OS3/c1-15(2)21-12-18(13-33-21)24-29-30-26(31(24)4)34-14-23(32)27-19-8-6-17(7-9-19)25-28-20-10-5-16(3)11-22(20)35-25/h5-13,15H,14H2,1-4H3,(H,27,32). The van der Waals surface area contributed by atoms with Gasteiger partial charge in [-0.1, -0.05) is 31.7 Å². The van der Waals surface area contributed by atoms with Crippen LogP contribution in [-0.2, 0) is 11.8 Å². The molecular formula is C26H25N5OS3. The van der Waals surface area contributed by atoms with E-state index in [1.165, 1.54) is 26.9 Å². The van der Waals surface area contributed by atoms with E-state index in [9.17, 15) is 4.79 Å². The highest BCUT2D eigenvalue weighted by molar-refractivity contribution is 7.99. The van der Waals surface area contributed by atoms with Gasteiger partial charge < -0.3 is 9.88 Å². The number of thiophene rings is 1. The summed E-state index contributed by atoms with van der Waals surface area (Å²) in [6, 6.07) is 16.3. The lowest BCUT2D eigenvalue weighted by Gasteiger charge is -2.06. The number of rotatable bonds is 7. The molecule has 0 saturated heterocycles. The minimum Gasteiger partial charge on any atom is -0.325 e. The topological polar surface area (TPSA) is 72.7 Å². The van der Waals surface area contributed by atoms with E-state index in [0.29, 0.717) is 11.1 Å². The molecule has 178 valence electrons. The van der Waals surface area contributed by atoms with Crippen LogP contribution in [0.3, 0.4) is 0 Å². The predicted octanol–water partition coefficient (Wildman–Crippen LogP) is 6.98. The molecule has 6 nitrogen and oxygen atoms in total. The molecule has 0 spiro atoms. The largest absolute Gasteiger partial charge is 0.325 e. The normalized spacial score (nSPS) is 11.5. The van der Waals surface area contributed by atoms with Crippen LogP contribution in [0.1, 0.15) is 30.2 Å². The smallest absolute Gasteiger partial charge is 0.234 e. The van der Waals surface area contributed by atoms with Crippen molar-refractivity contribution < 1.29 is 4.79 Å². The first kappa shape index (κ1) is 23.7. The van der Waals surface area contributed by atoms with Crippen LogP contribution in [0.2, 0.25) is 0 Å². The number of amides is 1. The maximum atomic E-state index is 12.6. The summed E-state index contributed by atoms with van der Waals surface area (Å²) >= 11 is 4.79. The van der Waals surface area contributed by atoms with Crippen LogP contribution in [0.5, 0.6) is 0 Å². The molecule has 0 radical (unpaired) electrons. The molecule has 35 heavy (non-hydrogen) atoms. The summed E-state index contributed by atoms with van der Waals surface area (Å²) in [6.07, 6.45) is 0. The Morgan fingerprint density at radius 2 is 1.89 bits per heavy atom. The molecule has 1 N–H and O–H groups in total. The number of thioether (sulfide) groups is 1. The van der Waals surface area contributed by atoms with Gasteiger partial charge in [-0.3, -0.25) is 4.79 Å². The maximum Gasteiger partial charge on any atom is 0.234 e. The quantitative estimate of drug-likeness (QED) is 0.235. The van der Waals surface area contributed by atoms with E-state index in [4.69, 9.17) is 4.98 Å². The minimum absolute atomic E-state index is 0.0830. The highest BCUT2D eigenvalue weighted by Crippen LogP contribution is 2.32. The van der Waals surface area contributed by atoms with Crippen molar-refractivity contribution in [1.82, 2.24) is 19.7 Å². The van der Waals surface area contributed by atoms with Crippen molar-refractivity contribution in [1.29, 1.82) is 0 Å². The fourth-order valence-electron chi connectivity index (χ4n) is 3.64. The zero-order chi connectivity index (χ0) is 24.5. The van der Waals surface area contributed by atoms with Gasteiger partial charge >= 0.3 is 0 Å². The van der Waals surface area contributed by atoms with Crippen molar-refractivity contribution in [2.24, 2.45) is 7.05 Å². The summed E-state index contributed by atoms with van der Waals surface area (Å²) in [6.45, 7) is 6.45. The molecule has 9 heteroatoms. The second kappa shape index (κ2) is 9.93. The first-order valence-corrected chi connectivity index (χ1v) is 13.9. The van der Waals surface area contributed by atoms with Crippen molar-refractivity contribution in [2.75, 3.05) is 11.1 Å². The minimum atomic E-state index is -0.0830. The van der Waals surface area contributed by atoms with Gasteiger partial charge in [0, 0.05) is 34.1 Å². The van der Waals surface area contributed by atoms with Crippen LogP contribution in [0.4, 0.5) is 5.69 Å². The fourth-order valence-corrected chi connectivity index (χ4v) is 6.33. The lowest BCUT2D eigenvalue weighted by molar-refractivity contribution is -0.113. The van der Waals surface area contributed by atoms with Crippen molar-refractivity contribution in [3.8, 4) is 22.0 Å². The van der Waals surface area contributed by atoms with E-state index in [1.807, 2.05) is 35.9 Å². The number of carbonyl (C=O) groups excluding carboxylic acids is 1. The van der Waals surface area contributed by atoms with E-state index < -0.39 is 0 Å². The van der Waals surface area contributed by atoms with E-state index in [0.717, 1.165) is 33.2 Å². The zero-order valence-electron chi connectivity index (χ0n) is 19.9. The number of fused-ring (bicyclic) bond motifs is 1. The summed E-state index contributed by atoms with van der Waals surface area (Å²) in [5, 5.41) is 15.4. The van der Waals surface area contributed by atoms with E-state index in [1.54, 1.807) is 22.7 Å². The molecular weight excluding hydrogens is 495 g/mol. The van der Waals surface area contributed by atoms with Gasteiger partial charge in [0.25, 0.3) is 0 Å². The van der Waals surface area contributed by atoms with Crippen LogP contribution >= 0.6 is 34.4 Å². The SMILES string of the molecule is Cc1ccc2nc(-c3ccc(NC(=O)CSc4nnc(-c5csc(C(C)C)c5)n4C)cc3)sc2c1. The molecule has 0 atom stereocenters. The van der Waals surface area contributed by atoms with Crippen molar-refractivity contribution in [3.05, 3.63) is 64.4 Å². The number of thiazole rings is 1. The Balaban J connectivity index is 1.20. The Hall–Kier alpha value is -3.01. The Labute approximate surface area is 216 Å². The monoisotopic (exact) mass is 519 g/mol. The molecule has 2 aromatic carbocycles. The number of carbonyl (C=O) groups is 1. The van der Waals surface area contributed by atoms with Crippen LogP contribution in [-0.4, -0.2) is 31.4 Å². The molecule has 0 aliphatic heterocycles. The zero-order valence-corrected chi connectivity index (χ0v) is 22.4. The van der Waals surface area contributed by atoms with Gasteiger partial charge in [0.05, 0.1) is 16.0 Å². The Morgan fingerprint density at radius 1 is 1.09 bits per heavy atom. The third-order valence-corrected chi connectivity index (χ3v) is 8.89. The van der Waals surface area contributed by atoms with Crippen LogP contribution < -0.4 is 5.32 Å². The van der Waals surface area contributed by atoms with Crippen molar-refractivity contribution in [3.63, 3.8) is 0 Å². The molecule has 0 saturated carbocycles. The molecule has 0 fully saturated rings. The van der Waals surface area contributed by atoms with Gasteiger partial charge in [-0.15, -0.1) is 32.9 Å². The highest BCUT2D eigenvalue weighted by Gasteiger charge is 2.15. The molecule has 0 bridgehead atoms. The Kier molecular flexibility index (Phi) is 6.73. The first-order chi connectivity index (χ1) is 16.9. The molecule has 5 aromatic rings. The van der Waals surface area contributed by atoms with Crippen LogP contribution in [0.25, 0.3) is 32.2 Å². The average Bonchev–Trinajstić information content (AvgIpc) is 3.56. The van der Waals surface area contributed by atoms with E-state index >= 15 is 0 Å². The van der Waals surface area contributed by atoms with Gasteiger partial charge in [0.2, 0.25) is 5.91 Å². The fraction of sp³-hybridized carbons (Fsp3) is 0.231. The van der Waals surface area contributed by atoms with E-state index in [-0.39, 0.29) is 11.7 Å². The summed E-state index contributed by atoms with van der Waals surface area (Å²) in [5.74, 6) is 1.47. The number of hydrogen-bond acceptors (Lipinski definition) is 7. The number of aromatic nitrogens is 4. The lowest BCUT2D eigenvalue weighted by atomic mass is 10.1. The Bertz CT molecular complexity index is 1500. The molecule has 3 aromatic heterocycles. The predicted molar refractivity (Wildman–Crippen MR) is 148 cm³/mol. The Morgan fingerprint density at radius 3 is 2.63 bits per heavy atom. The van der Waals surface area contributed by atoms with Gasteiger partial charge in [0.1, 0.15) is 5.01 Å². The first-order valence-electron chi connectivity index (χ1n) is 11.3. The maximum absolute atomic E-state index is 12.6. The third-order valence-electron chi connectivity index (χ3n) is 5.57. The molecule has 5 rings (SSSR count). The third kappa shape index (κ3) is 5.17. The molecule has 3 heterocycles. The number of hydrogen-bond donors (Lipinski definition) is 1. The van der Waals surface area contributed by atoms with Crippen molar-refractivity contribution >= 4 is 56.2 Å². The highest BCUT2D eigenvalue weighted by atomic mass is 32.2. The van der Waals surface area contributed by atoms with Gasteiger partial charge in [-0.05, 0) is 60.9 Å². The van der Waals surface area contributed by atoms with Gasteiger partial charge in [0.15, 0.2) is 11.0 Å². The van der Waals surface area contributed by atoms with Gasteiger partial charge in [-0.25, -0.2) is 4.98 Å². The van der Waals surface area contributed by atoms with Crippen molar-refractivity contribution in [2.45, 2.75) is 31.8 Å². The van der Waals surface area contributed by atoms with E-state index in [2.05, 4.69) is 65.9 Å².